The molecule has 4 aromatic rings. The molecule has 0 aliphatic heterocycles. The Bertz CT molecular complexity index is 1120. The second-order valence-corrected chi connectivity index (χ2v) is 9.14. The molecule has 0 bridgehead atoms. The molecule has 152 valence electrons. The van der Waals surface area contributed by atoms with Crippen molar-refractivity contribution >= 4 is 50.7 Å². The minimum Gasteiger partial charge on any atom is -0.347 e. The first-order valence-corrected chi connectivity index (χ1v) is 11.2. The molecule has 0 aliphatic carbocycles. The molecule has 3 nitrogen and oxygen atoms in total. The van der Waals surface area contributed by atoms with Crippen LogP contribution < -0.4 is 5.32 Å². The summed E-state index contributed by atoms with van der Waals surface area (Å²) in [5.74, 6) is -0.0828. The van der Waals surface area contributed by atoms with Gasteiger partial charge in [-0.3, -0.25) is 4.79 Å². The van der Waals surface area contributed by atoms with Crippen molar-refractivity contribution < 1.29 is 4.79 Å². The van der Waals surface area contributed by atoms with E-state index in [1.54, 1.807) is 0 Å². The summed E-state index contributed by atoms with van der Waals surface area (Å²) in [4.78, 5) is 17.4. The third-order valence-corrected chi connectivity index (χ3v) is 6.66. The summed E-state index contributed by atoms with van der Waals surface area (Å²) in [6, 6.07) is 23.3. The number of carbonyl (C=O) groups excluding carboxylic acids is 1. The maximum atomic E-state index is 12.9. The smallest absolute Gasteiger partial charge is 0.280 e. The number of rotatable bonds is 6. The number of fused-ring (bicyclic) bond motifs is 1. The third kappa shape index (κ3) is 4.84. The molecule has 2 atom stereocenters. The lowest BCUT2D eigenvalue weighted by Gasteiger charge is -2.25. The summed E-state index contributed by atoms with van der Waals surface area (Å²) in [5.41, 5.74) is 3.11. The van der Waals surface area contributed by atoms with Crippen molar-refractivity contribution in [2.24, 2.45) is 0 Å². The van der Waals surface area contributed by atoms with Gasteiger partial charge in [-0.05, 0) is 60.9 Å². The highest BCUT2D eigenvalue weighted by atomic mass is 35.5. The predicted octanol–water partition coefficient (Wildman–Crippen LogP) is 6.75. The van der Waals surface area contributed by atoms with Gasteiger partial charge in [0.05, 0.1) is 10.2 Å². The van der Waals surface area contributed by atoms with Crippen LogP contribution in [0.4, 0.5) is 0 Å². The number of halogens is 2. The molecule has 0 aliphatic rings. The standard InChI is InChI=1S/C24H20Cl2N2OS/c1-15(27-23(29)24-28-21-4-2-3-5-22(21)30-24)20(17-8-12-19(26)13-9-17)14-16-6-10-18(25)11-7-16/h2-13,15,20H,14H2,1H3,(H,27,29)/t15-,20+/m1/s1. The van der Waals surface area contributed by atoms with Crippen LogP contribution in [0.15, 0.2) is 72.8 Å². The maximum absolute atomic E-state index is 12.9. The first-order chi connectivity index (χ1) is 14.5. The van der Waals surface area contributed by atoms with Gasteiger partial charge in [0.25, 0.3) is 5.91 Å². The molecule has 1 heterocycles. The first-order valence-electron chi connectivity index (χ1n) is 9.66. The van der Waals surface area contributed by atoms with Gasteiger partial charge >= 0.3 is 0 Å². The minimum atomic E-state index is -0.154. The molecule has 0 fully saturated rings. The summed E-state index contributed by atoms with van der Waals surface area (Å²) < 4.78 is 1.01. The summed E-state index contributed by atoms with van der Waals surface area (Å²) in [6.07, 6.45) is 0.764. The lowest BCUT2D eigenvalue weighted by molar-refractivity contribution is 0.0934. The molecule has 1 aromatic heterocycles. The van der Waals surface area contributed by atoms with E-state index in [9.17, 15) is 4.79 Å². The first kappa shape index (κ1) is 20.9. The average Bonchev–Trinajstić information content (AvgIpc) is 3.18. The molecule has 0 spiro atoms. The van der Waals surface area contributed by atoms with Crippen molar-refractivity contribution in [3.63, 3.8) is 0 Å². The second-order valence-electron chi connectivity index (χ2n) is 7.24. The Morgan fingerprint density at radius 3 is 2.27 bits per heavy atom. The van der Waals surface area contributed by atoms with Crippen molar-refractivity contribution in [3.05, 3.63) is 99.0 Å². The van der Waals surface area contributed by atoms with Crippen molar-refractivity contribution in [3.8, 4) is 0 Å². The van der Waals surface area contributed by atoms with E-state index in [0.29, 0.717) is 15.1 Å². The van der Waals surface area contributed by atoms with Gasteiger partial charge in [0.15, 0.2) is 5.01 Å². The normalized spacial score (nSPS) is 13.2. The SMILES string of the molecule is C[C@@H](NC(=O)c1nc2ccccc2s1)[C@H](Cc1ccc(Cl)cc1)c1ccc(Cl)cc1. The molecule has 0 radical (unpaired) electrons. The number of nitrogens with one attached hydrogen (secondary N) is 1. The summed E-state index contributed by atoms with van der Waals surface area (Å²) in [7, 11) is 0. The van der Waals surface area contributed by atoms with E-state index in [0.717, 1.165) is 27.8 Å². The summed E-state index contributed by atoms with van der Waals surface area (Å²) >= 11 is 13.5. The van der Waals surface area contributed by atoms with Crippen LogP contribution in [0.1, 0.15) is 33.8 Å². The van der Waals surface area contributed by atoms with Gasteiger partial charge in [-0.15, -0.1) is 11.3 Å². The van der Waals surface area contributed by atoms with Crippen molar-refractivity contribution in [1.29, 1.82) is 0 Å². The Kier molecular flexibility index (Phi) is 6.38. The largest absolute Gasteiger partial charge is 0.347 e. The number of hydrogen-bond donors (Lipinski definition) is 1. The number of para-hydroxylation sites is 1. The van der Waals surface area contributed by atoms with Gasteiger partial charge < -0.3 is 5.32 Å². The lowest BCUT2D eigenvalue weighted by Crippen LogP contribution is -2.37. The number of carbonyl (C=O) groups is 1. The van der Waals surface area contributed by atoms with E-state index in [-0.39, 0.29) is 17.9 Å². The van der Waals surface area contributed by atoms with E-state index in [1.807, 2.05) is 79.7 Å². The molecule has 4 rings (SSSR count). The van der Waals surface area contributed by atoms with Crippen molar-refractivity contribution in [2.75, 3.05) is 0 Å². The van der Waals surface area contributed by atoms with Crippen molar-refractivity contribution in [1.82, 2.24) is 10.3 Å². The van der Waals surface area contributed by atoms with Gasteiger partial charge in [0.2, 0.25) is 0 Å². The molecule has 0 saturated carbocycles. The van der Waals surface area contributed by atoms with E-state index in [2.05, 4.69) is 10.3 Å². The third-order valence-electron chi connectivity index (χ3n) is 5.12. The molecule has 0 saturated heterocycles. The van der Waals surface area contributed by atoms with Gasteiger partial charge in [-0.1, -0.05) is 59.6 Å². The fourth-order valence-corrected chi connectivity index (χ4v) is 4.63. The fourth-order valence-electron chi connectivity index (χ4n) is 3.51. The van der Waals surface area contributed by atoms with Crippen LogP contribution in [0.25, 0.3) is 10.2 Å². The fraction of sp³-hybridized carbons (Fsp3) is 0.167. The molecule has 6 heteroatoms. The van der Waals surface area contributed by atoms with Gasteiger partial charge in [0, 0.05) is 22.0 Å². The topological polar surface area (TPSA) is 42.0 Å². The zero-order chi connectivity index (χ0) is 21.1. The van der Waals surface area contributed by atoms with Crippen LogP contribution in [-0.4, -0.2) is 16.9 Å². The molecule has 1 N–H and O–H groups in total. The summed E-state index contributed by atoms with van der Waals surface area (Å²) in [5, 5.41) is 5.03. The minimum absolute atomic E-state index is 0.0711. The molecule has 30 heavy (non-hydrogen) atoms. The number of benzene rings is 3. The van der Waals surface area contributed by atoms with E-state index in [4.69, 9.17) is 23.2 Å². The number of nitrogens with zero attached hydrogens (tertiary/aromatic N) is 1. The zero-order valence-electron chi connectivity index (χ0n) is 16.3. The van der Waals surface area contributed by atoms with Crippen molar-refractivity contribution in [2.45, 2.75) is 25.3 Å². The molecule has 3 aromatic carbocycles. The zero-order valence-corrected chi connectivity index (χ0v) is 18.6. The quantitative estimate of drug-likeness (QED) is 0.350. The van der Waals surface area contributed by atoms with Gasteiger partial charge in [-0.2, -0.15) is 0 Å². The monoisotopic (exact) mass is 454 g/mol. The predicted molar refractivity (Wildman–Crippen MR) is 126 cm³/mol. The number of hydrogen-bond acceptors (Lipinski definition) is 3. The van der Waals surface area contributed by atoms with Gasteiger partial charge in [-0.25, -0.2) is 4.98 Å². The highest BCUT2D eigenvalue weighted by Crippen LogP contribution is 2.28. The Hall–Kier alpha value is -2.40. The number of amides is 1. The number of aromatic nitrogens is 1. The average molecular weight is 455 g/mol. The van der Waals surface area contributed by atoms with E-state index < -0.39 is 0 Å². The Morgan fingerprint density at radius 2 is 1.60 bits per heavy atom. The molecular weight excluding hydrogens is 435 g/mol. The van der Waals surface area contributed by atoms with Crippen LogP contribution >= 0.6 is 34.5 Å². The van der Waals surface area contributed by atoms with E-state index in [1.165, 1.54) is 11.3 Å². The Balaban J connectivity index is 1.57. The number of thiazole rings is 1. The maximum Gasteiger partial charge on any atom is 0.280 e. The Morgan fingerprint density at radius 1 is 0.967 bits per heavy atom. The molecule has 0 unspecified atom stereocenters. The van der Waals surface area contributed by atoms with Crippen LogP contribution in [0.5, 0.6) is 0 Å². The highest BCUT2D eigenvalue weighted by Gasteiger charge is 2.23. The van der Waals surface area contributed by atoms with Gasteiger partial charge in [0.1, 0.15) is 0 Å². The van der Waals surface area contributed by atoms with Crippen LogP contribution in [0, 0.1) is 0 Å². The van der Waals surface area contributed by atoms with Crippen LogP contribution in [-0.2, 0) is 6.42 Å². The van der Waals surface area contributed by atoms with E-state index >= 15 is 0 Å². The highest BCUT2D eigenvalue weighted by molar-refractivity contribution is 7.20. The van der Waals surface area contributed by atoms with Crippen LogP contribution in [0.3, 0.4) is 0 Å². The van der Waals surface area contributed by atoms with Crippen LogP contribution in [0.2, 0.25) is 10.0 Å². The molecule has 1 amide bonds. The Labute approximate surface area is 189 Å². The summed E-state index contributed by atoms with van der Waals surface area (Å²) in [6.45, 7) is 2.03. The molecular formula is C24H20Cl2N2OS. The lowest BCUT2D eigenvalue weighted by atomic mass is 9.86. The second kappa shape index (κ2) is 9.17.